The third kappa shape index (κ3) is 44.0. The van der Waals surface area contributed by atoms with Gasteiger partial charge in [0.25, 0.3) is 7.82 Å². The van der Waals surface area contributed by atoms with Gasteiger partial charge in [-0.2, -0.15) is 0 Å². The normalized spacial score (nSPS) is 15.2. The number of quaternary nitrogens is 1. The molecule has 0 aliphatic carbocycles. The number of phosphoric acid groups is 1. The van der Waals surface area contributed by atoms with Gasteiger partial charge in [-0.1, -0.05) is 189 Å². The molecule has 0 aromatic rings. The zero-order valence-corrected chi connectivity index (χ0v) is 40.4. The van der Waals surface area contributed by atoms with Crippen molar-refractivity contribution in [3.8, 4) is 0 Å². The molecule has 2 N–H and O–H groups in total. The molecule has 11 nitrogen and oxygen atoms in total. The molecule has 12 heteroatoms. The van der Waals surface area contributed by atoms with Crippen molar-refractivity contribution in [2.75, 3.05) is 47.5 Å². The summed E-state index contributed by atoms with van der Waals surface area (Å²) >= 11 is 0. The maximum Gasteiger partial charge on any atom is 0.306 e. The number of carbonyl (C=O) groups is 2. The van der Waals surface area contributed by atoms with Gasteiger partial charge in [-0.3, -0.25) is 14.2 Å². The van der Waals surface area contributed by atoms with Crippen LogP contribution in [0.25, 0.3) is 0 Å². The molecular weight excluding hydrogens is 806 g/mol. The molecule has 0 fully saturated rings. The molecule has 1 unspecified atom stereocenters. The summed E-state index contributed by atoms with van der Waals surface area (Å²) in [5.74, 6) is -1.00. The van der Waals surface area contributed by atoms with E-state index in [2.05, 4.69) is 6.92 Å². The Balaban J connectivity index is 4.53. The van der Waals surface area contributed by atoms with E-state index in [4.69, 9.17) is 18.5 Å². The van der Waals surface area contributed by atoms with Gasteiger partial charge >= 0.3 is 11.9 Å². The molecule has 0 aromatic heterocycles. The van der Waals surface area contributed by atoms with Crippen molar-refractivity contribution in [3.05, 3.63) is 72.9 Å². The fourth-order valence-electron chi connectivity index (χ4n) is 6.15. The predicted octanol–water partition coefficient (Wildman–Crippen LogP) is 11.1. The van der Waals surface area contributed by atoms with Crippen molar-refractivity contribution >= 4 is 19.8 Å². The Morgan fingerprint density at radius 1 is 0.613 bits per heavy atom. The molecule has 0 amide bonds. The molecule has 0 rings (SSSR count). The number of aliphatic hydroxyl groups excluding tert-OH is 2. The van der Waals surface area contributed by atoms with Crippen LogP contribution in [0.1, 0.15) is 168 Å². The molecule has 62 heavy (non-hydrogen) atoms. The van der Waals surface area contributed by atoms with E-state index in [-0.39, 0.29) is 26.1 Å². The van der Waals surface area contributed by atoms with Crippen molar-refractivity contribution in [2.24, 2.45) is 0 Å². The Bertz CT molecular complexity index is 1320. The summed E-state index contributed by atoms with van der Waals surface area (Å²) in [6.07, 6.45) is 44.3. The average Bonchev–Trinajstić information content (AvgIpc) is 3.21. The maximum atomic E-state index is 12.7. The van der Waals surface area contributed by atoms with Crippen LogP contribution < -0.4 is 4.89 Å². The summed E-state index contributed by atoms with van der Waals surface area (Å²) in [6.45, 7) is 3.84. The second-order valence-electron chi connectivity index (χ2n) is 17.1. The number of hydrogen-bond acceptors (Lipinski definition) is 10. The third-order valence-corrected chi connectivity index (χ3v) is 10.9. The quantitative estimate of drug-likeness (QED) is 0.0151. The van der Waals surface area contributed by atoms with Crippen LogP contribution in [0.3, 0.4) is 0 Å². The van der Waals surface area contributed by atoms with Gasteiger partial charge in [0.2, 0.25) is 0 Å². The minimum absolute atomic E-state index is 0.0622. The highest BCUT2D eigenvalue weighted by atomic mass is 31.2. The summed E-state index contributed by atoms with van der Waals surface area (Å²) < 4.78 is 33.8. The molecule has 0 saturated heterocycles. The molecule has 4 atom stereocenters. The highest BCUT2D eigenvalue weighted by Crippen LogP contribution is 2.38. The van der Waals surface area contributed by atoms with Crippen LogP contribution in [-0.2, 0) is 32.7 Å². The van der Waals surface area contributed by atoms with E-state index in [0.717, 1.165) is 25.7 Å². The fraction of sp³-hybridized carbons (Fsp3) is 0.720. The Kier molecular flexibility index (Phi) is 39.4. The van der Waals surface area contributed by atoms with Gasteiger partial charge in [0.1, 0.15) is 19.8 Å². The highest BCUT2D eigenvalue weighted by Gasteiger charge is 2.21. The summed E-state index contributed by atoms with van der Waals surface area (Å²) in [5.41, 5.74) is 0. The molecule has 0 radical (unpaired) electrons. The lowest BCUT2D eigenvalue weighted by Gasteiger charge is -2.28. The molecule has 0 aromatic carbocycles. The number of phosphoric ester groups is 1. The molecule has 0 heterocycles. The van der Waals surface area contributed by atoms with E-state index in [1.54, 1.807) is 36.5 Å². The molecule has 0 spiro atoms. The van der Waals surface area contributed by atoms with Crippen molar-refractivity contribution in [1.29, 1.82) is 0 Å². The first-order valence-electron chi connectivity index (χ1n) is 23.9. The van der Waals surface area contributed by atoms with Crippen LogP contribution in [0, 0.1) is 0 Å². The van der Waals surface area contributed by atoms with Gasteiger partial charge in [0.15, 0.2) is 6.10 Å². The predicted molar refractivity (Wildman–Crippen MR) is 252 cm³/mol. The lowest BCUT2D eigenvalue weighted by molar-refractivity contribution is -0.870. The van der Waals surface area contributed by atoms with E-state index in [9.17, 15) is 29.3 Å². The van der Waals surface area contributed by atoms with Crippen molar-refractivity contribution in [1.82, 2.24) is 0 Å². The van der Waals surface area contributed by atoms with E-state index in [0.29, 0.717) is 43.1 Å². The number of esters is 2. The van der Waals surface area contributed by atoms with Crippen LogP contribution in [0.5, 0.6) is 0 Å². The number of rotatable bonds is 42. The van der Waals surface area contributed by atoms with Gasteiger partial charge in [0.05, 0.1) is 40.0 Å². The number of hydrogen-bond donors (Lipinski definition) is 2. The lowest BCUT2D eigenvalue weighted by atomic mass is 10.0. The largest absolute Gasteiger partial charge is 0.756 e. The monoisotopic (exact) mass is 894 g/mol. The zero-order chi connectivity index (χ0) is 46.0. The maximum absolute atomic E-state index is 12.7. The number of aliphatic hydroxyl groups is 2. The van der Waals surface area contributed by atoms with E-state index < -0.39 is 44.7 Å². The first-order valence-corrected chi connectivity index (χ1v) is 25.3. The Hall–Kier alpha value is -2.63. The highest BCUT2D eigenvalue weighted by molar-refractivity contribution is 7.45. The fourth-order valence-corrected chi connectivity index (χ4v) is 6.88. The SMILES string of the molecule is CC/C=C\C[C@@H](O)/C=C/C=C\C=C\[C@@H](O)C/C=C\C/C=C\CCC(=O)OC[C@H](COP(=O)([O-])OCC[N+](C)(C)C)OC(=O)CCCCCCCCCCCCCCCCCCC. The van der Waals surface area contributed by atoms with Crippen molar-refractivity contribution in [2.45, 2.75) is 186 Å². The number of ether oxygens (including phenoxy) is 2. The molecular formula is C50H88NO10P. The first-order chi connectivity index (χ1) is 29.8. The minimum Gasteiger partial charge on any atom is -0.756 e. The summed E-state index contributed by atoms with van der Waals surface area (Å²) in [4.78, 5) is 37.6. The summed E-state index contributed by atoms with van der Waals surface area (Å²) in [5, 5.41) is 20.0. The van der Waals surface area contributed by atoms with Crippen molar-refractivity contribution in [3.63, 3.8) is 0 Å². The van der Waals surface area contributed by atoms with Gasteiger partial charge < -0.3 is 38.1 Å². The van der Waals surface area contributed by atoms with Crippen LogP contribution in [0.15, 0.2) is 72.9 Å². The van der Waals surface area contributed by atoms with Gasteiger partial charge in [-0.15, -0.1) is 0 Å². The molecule has 0 aliphatic rings. The van der Waals surface area contributed by atoms with E-state index in [1.807, 2.05) is 64.5 Å². The van der Waals surface area contributed by atoms with E-state index in [1.165, 1.54) is 83.5 Å². The Labute approximate surface area is 377 Å². The molecule has 0 aliphatic heterocycles. The van der Waals surface area contributed by atoms with Crippen molar-refractivity contribution < 1.29 is 52.3 Å². The number of unbranched alkanes of at least 4 members (excludes halogenated alkanes) is 16. The standard InChI is InChI=1S/C50H88NO10P/c1-6-8-10-11-12-13-14-15-16-17-18-19-20-21-22-27-35-41-50(55)61-48(45-60-62(56,57)59-43-42-51(3,4)5)44-58-49(54)40-34-26-24-23-25-31-37-47(53)39-33-29-28-32-38-46(52)36-30-9-7-2/h9,24-26,28-33,38-39,46-48,52-53H,6-8,10-23,27,34-37,40-45H2,1-5H3/b26-24-,29-28-,30-9-,31-25-,38-32+,39-33+/t46-,47+,48-/m1/s1. The second-order valence-corrected chi connectivity index (χ2v) is 18.6. The van der Waals surface area contributed by atoms with Crippen LogP contribution >= 0.6 is 7.82 Å². The number of carbonyl (C=O) groups excluding carboxylic acids is 2. The molecule has 0 bridgehead atoms. The van der Waals surface area contributed by atoms with Crippen LogP contribution in [0.4, 0.5) is 0 Å². The smallest absolute Gasteiger partial charge is 0.306 e. The summed E-state index contributed by atoms with van der Waals surface area (Å²) in [7, 11) is 1.06. The first kappa shape index (κ1) is 59.4. The Morgan fingerprint density at radius 3 is 1.63 bits per heavy atom. The molecule has 358 valence electrons. The number of allylic oxidation sites excluding steroid dienone is 8. The zero-order valence-electron chi connectivity index (χ0n) is 39.5. The van der Waals surface area contributed by atoms with E-state index >= 15 is 0 Å². The van der Waals surface area contributed by atoms with Crippen LogP contribution in [-0.4, -0.2) is 92.5 Å². The van der Waals surface area contributed by atoms with Gasteiger partial charge in [-0.05, 0) is 38.5 Å². The summed E-state index contributed by atoms with van der Waals surface area (Å²) in [6, 6.07) is 0. The van der Waals surface area contributed by atoms with Crippen LogP contribution in [0.2, 0.25) is 0 Å². The molecule has 0 saturated carbocycles. The van der Waals surface area contributed by atoms with Gasteiger partial charge in [-0.25, -0.2) is 0 Å². The lowest BCUT2D eigenvalue weighted by Crippen LogP contribution is -2.37. The number of likely N-dealkylation sites (N-methyl/N-ethyl adjacent to an activating group) is 1. The number of nitrogens with zero attached hydrogens (tertiary/aromatic N) is 1. The third-order valence-electron chi connectivity index (χ3n) is 9.92. The Morgan fingerprint density at radius 2 is 1.11 bits per heavy atom. The average molecular weight is 894 g/mol. The second kappa shape index (κ2) is 41.1. The van der Waals surface area contributed by atoms with Gasteiger partial charge in [0, 0.05) is 12.8 Å². The topological polar surface area (TPSA) is 152 Å². The minimum atomic E-state index is -4.67.